The molecule has 0 saturated carbocycles. The zero-order chi connectivity index (χ0) is 38.4. The van der Waals surface area contributed by atoms with Crippen LogP contribution in [-0.4, -0.2) is 65.7 Å². The molecular formula is C41H71O10P. The van der Waals surface area contributed by atoms with Crippen LogP contribution in [0.3, 0.4) is 0 Å². The summed E-state index contributed by atoms with van der Waals surface area (Å²) in [6.07, 6.45) is 39.0. The van der Waals surface area contributed by atoms with Crippen molar-refractivity contribution in [2.45, 2.75) is 161 Å². The van der Waals surface area contributed by atoms with E-state index in [9.17, 15) is 24.2 Å². The quantitative estimate of drug-likeness (QED) is 0.0244. The maximum absolute atomic E-state index is 12.6. The van der Waals surface area contributed by atoms with Crippen molar-refractivity contribution < 1.29 is 47.8 Å². The Kier molecular flexibility index (Phi) is 35.3. The van der Waals surface area contributed by atoms with Crippen LogP contribution in [0.5, 0.6) is 0 Å². The van der Waals surface area contributed by atoms with Crippen LogP contribution in [-0.2, 0) is 32.7 Å². The molecule has 10 nitrogen and oxygen atoms in total. The highest BCUT2D eigenvalue weighted by Gasteiger charge is 2.27. The largest absolute Gasteiger partial charge is 0.472 e. The zero-order valence-corrected chi connectivity index (χ0v) is 33.1. The van der Waals surface area contributed by atoms with E-state index in [0.717, 1.165) is 77.0 Å². The van der Waals surface area contributed by atoms with E-state index in [2.05, 4.69) is 79.1 Å². The van der Waals surface area contributed by atoms with Crippen molar-refractivity contribution in [2.75, 3.05) is 26.4 Å². The van der Waals surface area contributed by atoms with Gasteiger partial charge in [-0.3, -0.25) is 18.6 Å². The Labute approximate surface area is 315 Å². The highest BCUT2D eigenvalue weighted by Crippen LogP contribution is 2.43. The number of unbranched alkanes of at least 4 members (excludes halogenated alkanes) is 12. The fourth-order valence-corrected chi connectivity index (χ4v) is 5.57. The number of aliphatic hydroxyl groups excluding tert-OH is 2. The lowest BCUT2D eigenvalue weighted by Gasteiger charge is -2.20. The number of ether oxygens (including phenoxy) is 2. The number of hydrogen-bond acceptors (Lipinski definition) is 9. The molecule has 0 aromatic heterocycles. The number of hydrogen-bond donors (Lipinski definition) is 3. The van der Waals surface area contributed by atoms with Crippen molar-refractivity contribution in [3.05, 3.63) is 60.8 Å². The molecule has 1 unspecified atom stereocenters. The molecule has 0 bridgehead atoms. The minimum absolute atomic E-state index is 0.157. The summed E-state index contributed by atoms with van der Waals surface area (Å²) < 4.78 is 32.6. The second-order valence-electron chi connectivity index (χ2n) is 12.9. The lowest BCUT2D eigenvalue weighted by Crippen LogP contribution is -2.29. The van der Waals surface area contributed by atoms with Crippen LogP contribution in [0, 0.1) is 0 Å². The van der Waals surface area contributed by atoms with E-state index in [1.165, 1.54) is 32.1 Å². The van der Waals surface area contributed by atoms with Gasteiger partial charge in [0.25, 0.3) is 0 Å². The molecule has 0 aliphatic carbocycles. The van der Waals surface area contributed by atoms with E-state index < -0.39 is 51.8 Å². The Hall–Kier alpha value is -2.33. The van der Waals surface area contributed by atoms with Gasteiger partial charge in [-0.2, -0.15) is 0 Å². The molecule has 0 aliphatic heterocycles. The van der Waals surface area contributed by atoms with Gasteiger partial charge in [-0.15, -0.1) is 0 Å². The normalized spacial score (nSPS) is 14.6. The molecule has 300 valence electrons. The number of carbonyl (C=O) groups excluding carboxylic acids is 2. The van der Waals surface area contributed by atoms with Gasteiger partial charge < -0.3 is 24.6 Å². The van der Waals surface area contributed by atoms with E-state index in [0.29, 0.717) is 12.8 Å². The number of carbonyl (C=O) groups is 2. The summed E-state index contributed by atoms with van der Waals surface area (Å²) in [6, 6.07) is 0. The van der Waals surface area contributed by atoms with Crippen LogP contribution in [0.25, 0.3) is 0 Å². The van der Waals surface area contributed by atoms with Crippen LogP contribution in [0.2, 0.25) is 0 Å². The molecule has 11 heteroatoms. The number of allylic oxidation sites excluding steroid dienone is 10. The highest BCUT2D eigenvalue weighted by molar-refractivity contribution is 7.47. The Bertz CT molecular complexity index is 1050. The third-order valence-electron chi connectivity index (χ3n) is 7.89. The van der Waals surface area contributed by atoms with Gasteiger partial charge in [0.05, 0.1) is 19.8 Å². The summed E-state index contributed by atoms with van der Waals surface area (Å²) in [5.74, 6) is -0.993. The Morgan fingerprint density at radius 2 is 1.02 bits per heavy atom. The minimum atomic E-state index is -4.63. The summed E-state index contributed by atoms with van der Waals surface area (Å²) in [5.41, 5.74) is 0. The van der Waals surface area contributed by atoms with Crippen LogP contribution in [0.4, 0.5) is 0 Å². The van der Waals surface area contributed by atoms with Crippen molar-refractivity contribution in [3.63, 3.8) is 0 Å². The van der Waals surface area contributed by atoms with Crippen LogP contribution in [0.15, 0.2) is 60.8 Å². The minimum Gasteiger partial charge on any atom is -0.462 e. The van der Waals surface area contributed by atoms with Crippen molar-refractivity contribution in [1.29, 1.82) is 0 Å². The molecule has 0 saturated heterocycles. The first-order valence-electron chi connectivity index (χ1n) is 19.7. The third kappa shape index (κ3) is 36.0. The SMILES string of the molecule is CCCC/C=C/C/C=C/CCCCCCCC(=O)O[C@H](COC(=O)CCCC/C=C/C/C=C/C/C=C/CCCCC)COP(=O)(O)OC[C@@H](O)CO. The first kappa shape index (κ1) is 49.7. The molecule has 0 aromatic rings. The molecule has 0 aliphatic rings. The van der Waals surface area contributed by atoms with Gasteiger partial charge in [0.1, 0.15) is 12.7 Å². The van der Waals surface area contributed by atoms with Gasteiger partial charge in [-0.05, 0) is 77.0 Å². The van der Waals surface area contributed by atoms with E-state index >= 15 is 0 Å². The van der Waals surface area contributed by atoms with Crippen molar-refractivity contribution >= 4 is 19.8 Å². The summed E-state index contributed by atoms with van der Waals surface area (Å²) in [5, 5.41) is 18.3. The number of aliphatic hydroxyl groups is 2. The van der Waals surface area contributed by atoms with Gasteiger partial charge in [0, 0.05) is 12.8 Å². The second kappa shape index (κ2) is 37.0. The molecule has 0 aromatic carbocycles. The topological polar surface area (TPSA) is 149 Å². The summed E-state index contributed by atoms with van der Waals surface area (Å²) >= 11 is 0. The van der Waals surface area contributed by atoms with E-state index in [4.69, 9.17) is 19.1 Å². The molecular weight excluding hydrogens is 683 g/mol. The molecule has 0 fully saturated rings. The lowest BCUT2D eigenvalue weighted by molar-refractivity contribution is -0.161. The Morgan fingerprint density at radius 1 is 0.577 bits per heavy atom. The fraction of sp³-hybridized carbons (Fsp3) is 0.707. The van der Waals surface area contributed by atoms with E-state index in [1.807, 2.05) is 0 Å². The molecule has 0 rings (SSSR count). The van der Waals surface area contributed by atoms with Gasteiger partial charge >= 0.3 is 19.8 Å². The predicted molar refractivity (Wildman–Crippen MR) is 210 cm³/mol. The second-order valence-corrected chi connectivity index (χ2v) is 14.4. The highest BCUT2D eigenvalue weighted by atomic mass is 31.2. The predicted octanol–water partition coefficient (Wildman–Crippen LogP) is 9.94. The molecule has 3 atom stereocenters. The van der Waals surface area contributed by atoms with Gasteiger partial charge in [0.2, 0.25) is 0 Å². The summed E-state index contributed by atoms with van der Waals surface area (Å²) in [6.45, 7) is 2.22. The van der Waals surface area contributed by atoms with E-state index in [1.54, 1.807) is 0 Å². The van der Waals surface area contributed by atoms with Gasteiger partial charge in [-0.25, -0.2) is 4.57 Å². The summed E-state index contributed by atoms with van der Waals surface area (Å²) in [7, 11) is -4.63. The number of phosphoric acid groups is 1. The molecule has 0 spiro atoms. The molecule has 3 N–H and O–H groups in total. The average molecular weight is 755 g/mol. The van der Waals surface area contributed by atoms with Crippen molar-refractivity contribution in [3.8, 4) is 0 Å². The maximum Gasteiger partial charge on any atom is 0.472 e. The first-order valence-corrected chi connectivity index (χ1v) is 21.2. The number of esters is 2. The van der Waals surface area contributed by atoms with Gasteiger partial charge in [0.15, 0.2) is 6.10 Å². The number of phosphoric ester groups is 1. The standard InChI is InChI=1S/C41H71O10P/c1-3-5-7-9-11-13-15-17-19-21-22-24-26-28-30-32-40(44)48-36-39(37-50-52(46,47)49-35-38(43)34-42)51-41(45)33-31-29-27-25-23-20-18-16-14-12-10-8-6-4-2/h10-13,16-19,22,24,38-39,42-43H,3-9,14-15,20-21,23,25-37H2,1-2H3,(H,46,47)/b12-10+,13-11+,18-16+,19-17+,24-22+/t38-,39+/m0/s1. The van der Waals surface area contributed by atoms with Crippen LogP contribution >= 0.6 is 7.82 Å². The molecule has 52 heavy (non-hydrogen) atoms. The zero-order valence-electron chi connectivity index (χ0n) is 32.3. The smallest absolute Gasteiger partial charge is 0.462 e. The first-order chi connectivity index (χ1) is 25.2. The van der Waals surface area contributed by atoms with Crippen LogP contribution < -0.4 is 0 Å². The van der Waals surface area contributed by atoms with Crippen molar-refractivity contribution in [2.24, 2.45) is 0 Å². The maximum atomic E-state index is 12.6. The average Bonchev–Trinajstić information content (AvgIpc) is 3.13. The fourth-order valence-electron chi connectivity index (χ4n) is 4.78. The van der Waals surface area contributed by atoms with Crippen molar-refractivity contribution in [1.82, 2.24) is 0 Å². The van der Waals surface area contributed by atoms with Gasteiger partial charge in [-0.1, -0.05) is 120 Å². The molecule has 0 heterocycles. The number of rotatable bonds is 36. The van der Waals surface area contributed by atoms with Crippen LogP contribution in [0.1, 0.15) is 149 Å². The monoisotopic (exact) mass is 754 g/mol. The third-order valence-corrected chi connectivity index (χ3v) is 8.85. The lowest BCUT2D eigenvalue weighted by atomic mass is 10.1. The Morgan fingerprint density at radius 3 is 1.60 bits per heavy atom. The molecule has 0 amide bonds. The van der Waals surface area contributed by atoms with E-state index in [-0.39, 0.29) is 19.4 Å². The Balaban J connectivity index is 4.46. The summed E-state index contributed by atoms with van der Waals surface area (Å²) in [4.78, 5) is 34.8. The molecule has 0 radical (unpaired) electrons.